The largest absolute Gasteiger partial charge is 0.460 e. The van der Waals surface area contributed by atoms with Crippen molar-refractivity contribution in [3.63, 3.8) is 0 Å². The number of carbonyl (C=O) groups is 2. The summed E-state index contributed by atoms with van der Waals surface area (Å²) in [6, 6.07) is 9.02. The average molecular weight is 607 g/mol. The van der Waals surface area contributed by atoms with Crippen LogP contribution in [0, 0.1) is 28.9 Å². The summed E-state index contributed by atoms with van der Waals surface area (Å²) in [5, 5.41) is 2.80. The molecule has 0 spiro atoms. The zero-order valence-corrected chi connectivity index (χ0v) is 24.8. The summed E-state index contributed by atoms with van der Waals surface area (Å²) >= 11 is 0. The molecular formula is C33H39F5N2O3. The van der Waals surface area contributed by atoms with E-state index in [1.807, 2.05) is 12.1 Å². The van der Waals surface area contributed by atoms with Crippen molar-refractivity contribution in [3.8, 4) is 0 Å². The van der Waals surface area contributed by atoms with Gasteiger partial charge in [0.15, 0.2) is 0 Å². The van der Waals surface area contributed by atoms with Crippen LogP contribution in [0.4, 0.5) is 22.0 Å². The maximum Gasteiger partial charge on any atom is 0.416 e. The number of rotatable bonds is 7. The van der Waals surface area contributed by atoms with Crippen molar-refractivity contribution >= 4 is 11.9 Å². The number of esters is 1. The Balaban J connectivity index is 1.29. The number of benzene rings is 2. The predicted octanol–water partition coefficient (Wildman–Crippen LogP) is 7.00. The summed E-state index contributed by atoms with van der Waals surface area (Å²) in [5.74, 6) is -2.26. The number of carbonyl (C=O) groups excluding carboxylic acids is 2. The number of likely N-dealkylation sites (tertiary alicyclic amines) is 1. The fourth-order valence-corrected chi connectivity index (χ4v) is 7.12. The predicted molar refractivity (Wildman–Crippen MR) is 151 cm³/mol. The van der Waals surface area contributed by atoms with E-state index in [0.717, 1.165) is 50.0 Å². The number of piperidine rings is 1. The summed E-state index contributed by atoms with van der Waals surface area (Å²) < 4.78 is 72.7. The van der Waals surface area contributed by atoms with Gasteiger partial charge in [0.2, 0.25) is 5.91 Å². The first-order chi connectivity index (χ1) is 20.1. The number of nitrogens with one attached hydrogen (secondary N) is 1. The van der Waals surface area contributed by atoms with Crippen LogP contribution in [0.5, 0.6) is 0 Å². The van der Waals surface area contributed by atoms with Crippen LogP contribution in [-0.4, -0.2) is 41.5 Å². The highest BCUT2D eigenvalue weighted by molar-refractivity contribution is 5.86. The molecule has 0 aromatic heterocycles. The lowest BCUT2D eigenvalue weighted by molar-refractivity contribution is -0.157. The molecule has 5 nitrogen and oxygen atoms in total. The molecule has 1 amide bonds. The van der Waals surface area contributed by atoms with Gasteiger partial charge in [-0.1, -0.05) is 12.1 Å². The highest BCUT2D eigenvalue weighted by Gasteiger charge is 2.62. The van der Waals surface area contributed by atoms with Gasteiger partial charge in [-0.05, 0) is 126 Å². The lowest BCUT2D eigenvalue weighted by Crippen LogP contribution is -2.45. The summed E-state index contributed by atoms with van der Waals surface area (Å²) in [7, 11) is 0. The summed E-state index contributed by atoms with van der Waals surface area (Å²) in [5.41, 5.74) is -1.51. The first-order valence-electron chi connectivity index (χ1n) is 15.0. The maximum absolute atomic E-state index is 14.0. The molecule has 10 heteroatoms. The number of hydrogen-bond acceptors (Lipinski definition) is 4. The standard InChI is InChI=1S/C33H39F5N2O3/c1-31(2,3)43-29(41)27-17-28(27)32(30(42)39-19-20-14-23(33(36,37)38)16-25(35)15-20)11-8-26(18-32)40-12-9-22(10-13-40)21-4-6-24(34)7-5-21/h4-7,14-16,22,26-28H,8-13,17-19H2,1-3H3,(H,39,42). The summed E-state index contributed by atoms with van der Waals surface area (Å²) in [6.07, 6.45) is -0.550. The number of halogens is 5. The van der Waals surface area contributed by atoms with Gasteiger partial charge in [0, 0.05) is 12.6 Å². The van der Waals surface area contributed by atoms with E-state index in [-0.39, 0.29) is 41.8 Å². The second-order valence-electron chi connectivity index (χ2n) is 13.4. The monoisotopic (exact) mass is 606 g/mol. The quantitative estimate of drug-likeness (QED) is 0.273. The van der Waals surface area contributed by atoms with Crippen LogP contribution in [0.3, 0.4) is 0 Å². The Morgan fingerprint density at radius 2 is 1.65 bits per heavy atom. The Morgan fingerprint density at radius 3 is 2.28 bits per heavy atom. The number of ether oxygens (including phenoxy) is 1. The molecule has 1 N–H and O–H groups in total. The first kappa shape index (κ1) is 31.4. The smallest absolute Gasteiger partial charge is 0.416 e. The molecule has 1 heterocycles. The highest BCUT2D eigenvalue weighted by Crippen LogP contribution is 2.60. The van der Waals surface area contributed by atoms with E-state index in [2.05, 4.69) is 10.2 Å². The fraction of sp³-hybridized carbons (Fsp3) is 0.576. The van der Waals surface area contributed by atoms with E-state index >= 15 is 0 Å². The molecular weight excluding hydrogens is 567 g/mol. The van der Waals surface area contributed by atoms with E-state index in [9.17, 15) is 31.5 Å². The van der Waals surface area contributed by atoms with Crippen LogP contribution in [0.2, 0.25) is 0 Å². The van der Waals surface area contributed by atoms with Crippen LogP contribution in [0.1, 0.15) is 81.9 Å². The SMILES string of the molecule is CC(C)(C)OC(=O)C1CC1C1(C(=O)NCc2cc(F)cc(C(F)(F)F)c2)CCC(N2CCC(c3ccc(F)cc3)CC2)C1. The van der Waals surface area contributed by atoms with Crippen molar-refractivity contribution in [1.29, 1.82) is 0 Å². The Morgan fingerprint density at radius 1 is 0.977 bits per heavy atom. The Hall–Kier alpha value is -3.01. The number of hydrogen-bond donors (Lipinski definition) is 1. The zero-order chi connectivity index (χ0) is 31.2. The molecule has 5 rings (SSSR count). The third kappa shape index (κ3) is 7.21. The molecule has 4 unspecified atom stereocenters. The van der Waals surface area contributed by atoms with Crippen molar-refractivity contribution in [1.82, 2.24) is 10.2 Å². The number of amides is 1. The molecule has 0 bridgehead atoms. The first-order valence-corrected chi connectivity index (χ1v) is 15.0. The molecule has 2 saturated carbocycles. The molecule has 1 aliphatic heterocycles. The second-order valence-corrected chi connectivity index (χ2v) is 13.4. The molecule has 4 atom stereocenters. The lowest BCUT2D eigenvalue weighted by Gasteiger charge is -2.37. The minimum atomic E-state index is -4.71. The van der Waals surface area contributed by atoms with Crippen molar-refractivity contribution in [3.05, 3.63) is 70.8 Å². The van der Waals surface area contributed by atoms with Gasteiger partial charge in [0.25, 0.3) is 0 Å². The molecule has 3 fully saturated rings. The van der Waals surface area contributed by atoms with Crippen molar-refractivity contribution in [2.45, 2.75) is 89.6 Å². The van der Waals surface area contributed by atoms with Gasteiger partial charge in [0.1, 0.15) is 17.2 Å². The minimum Gasteiger partial charge on any atom is -0.460 e. The topological polar surface area (TPSA) is 58.6 Å². The zero-order valence-electron chi connectivity index (χ0n) is 24.8. The number of nitrogens with zero attached hydrogens (tertiary/aromatic N) is 1. The van der Waals surface area contributed by atoms with Crippen LogP contribution in [-0.2, 0) is 27.0 Å². The maximum atomic E-state index is 14.0. The van der Waals surface area contributed by atoms with Gasteiger partial charge in [-0.15, -0.1) is 0 Å². The van der Waals surface area contributed by atoms with Crippen molar-refractivity contribution < 1.29 is 36.3 Å². The third-order valence-electron chi connectivity index (χ3n) is 9.31. The summed E-state index contributed by atoms with van der Waals surface area (Å²) in [4.78, 5) is 29.2. The molecule has 2 aromatic carbocycles. The fourth-order valence-electron chi connectivity index (χ4n) is 7.12. The van der Waals surface area contributed by atoms with Gasteiger partial charge in [-0.3, -0.25) is 9.59 Å². The second kappa shape index (κ2) is 11.8. The lowest BCUT2D eigenvalue weighted by atomic mass is 9.78. The van der Waals surface area contributed by atoms with Crippen molar-refractivity contribution in [2.24, 2.45) is 17.3 Å². The van der Waals surface area contributed by atoms with Gasteiger partial charge in [-0.25, -0.2) is 8.78 Å². The molecule has 234 valence electrons. The molecule has 43 heavy (non-hydrogen) atoms. The van der Waals surface area contributed by atoms with E-state index in [0.29, 0.717) is 31.2 Å². The molecule has 3 aliphatic rings. The Kier molecular flexibility index (Phi) is 8.64. The highest BCUT2D eigenvalue weighted by atomic mass is 19.4. The van der Waals surface area contributed by atoms with E-state index in [1.54, 1.807) is 20.8 Å². The van der Waals surface area contributed by atoms with Gasteiger partial charge in [0.05, 0.1) is 16.9 Å². The van der Waals surface area contributed by atoms with Gasteiger partial charge in [-0.2, -0.15) is 13.2 Å². The van der Waals surface area contributed by atoms with E-state index in [4.69, 9.17) is 4.74 Å². The molecule has 2 aliphatic carbocycles. The number of alkyl halides is 3. The van der Waals surface area contributed by atoms with E-state index in [1.165, 1.54) is 12.1 Å². The Labute approximate surface area is 249 Å². The van der Waals surface area contributed by atoms with Crippen LogP contribution >= 0.6 is 0 Å². The van der Waals surface area contributed by atoms with E-state index < -0.39 is 34.5 Å². The molecule has 0 radical (unpaired) electrons. The average Bonchev–Trinajstić information content (AvgIpc) is 3.62. The molecule has 1 saturated heterocycles. The Bertz CT molecular complexity index is 1330. The minimum absolute atomic E-state index is 0.0210. The van der Waals surface area contributed by atoms with Crippen LogP contribution < -0.4 is 5.32 Å². The van der Waals surface area contributed by atoms with Gasteiger partial charge >= 0.3 is 12.1 Å². The summed E-state index contributed by atoms with van der Waals surface area (Å²) in [6.45, 7) is 6.78. The molecule has 2 aromatic rings. The van der Waals surface area contributed by atoms with Crippen LogP contribution in [0.25, 0.3) is 0 Å². The normalized spacial score (nSPS) is 26.7. The van der Waals surface area contributed by atoms with Crippen molar-refractivity contribution in [2.75, 3.05) is 13.1 Å². The third-order valence-corrected chi connectivity index (χ3v) is 9.31. The van der Waals surface area contributed by atoms with Gasteiger partial charge < -0.3 is 15.0 Å². The van der Waals surface area contributed by atoms with Crippen LogP contribution in [0.15, 0.2) is 42.5 Å².